The number of rotatable bonds is 5. The molecular formula is C16H19N3O2. The number of H-pyrrole nitrogens is 1. The van der Waals surface area contributed by atoms with Gasteiger partial charge in [-0.3, -0.25) is 5.10 Å². The van der Waals surface area contributed by atoms with Gasteiger partial charge in [0.2, 0.25) is 0 Å². The fourth-order valence-corrected chi connectivity index (χ4v) is 2.48. The van der Waals surface area contributed by atoms with Crippen molar-refractivity contribution in [1.82, 2.24) is 15.5 Å². The number of aromatic nitrogens is 2. The third-order valence-electron chi connectivity index (χ3n) is 3.69. The second kappa shape index (κ2) is 5.61. The summed E-state index contributed by atoms with van der Waals surface area (Å²) in [6.07, 6.45) is 3.72. The average molecular weight is 285 g/mol. The Balaban J connectivity index is 1.83. The van der Waals surface area contributed by atoms with Crippen molar-refractivity contribution in [2.45, 2.75) is 25.9 Å². The number of hydrogen-bond donors (Lipinski definition) is 2. The van der Waals surface area contributed by atoms with Gasteiger partial charge in [0.1, 0.15) is 5.76 Å². The zero-order valence-electron chi connectivity index (χ0n) is 12.4. The van der Waals surface area contributed by atoms with Gasteiger partial charge in [-0.1, -0.05) is 12.1 Å². The molecule has 110 valence electrons. The Morgan fingerprint density at radius 3 is 2.86 bits per heavy atom. The Hall–Kier alpha value is -2.27. The van der Waals surface area contributed by atoms with E-state index in [1.807, 2.05) is 30.6 Å². The number of nitrogens with one attached hydrogen (secondary N) is 2. The highest BCUT2D eigenvalue weighted by Gasteiger charge is 2.16. The van der Waals surface area contributed by atoms with Crippen LogP contribution in [-0.4, -0.2) is 17.3 Å². The lowest BCUT2D eigenvalue weighted by molar-refractivity contribution is 0.392. The van der Waals surface area contributed by atoms with Gasteiger partial charge < -0.3 is 14.5 Å². The molecule has 2 atom stereocenters. The highest BCUT2D eigenvalue weighted by Crippen LogP contribution is 2.31. The molecule has 5 nitrogen and oxygen atoms in total. The van der Waals surface area contributed by atoms with Gasteiger partial charge in [-0.2, -0.15) is 5.10 Å². The van der Waals surface area contributed by atoms with E-state index >= 15 is 0 Å². The minimum atomic E-state index is 0.0898. The first kappa shape index (κ1) is 13.7. The fraction of sp³-hybridized carbons (Fsp3) is 0.312. The number of hydrogen-bond acceptors (Lipinski definition) is 4. The van der Waals surface area contributed by atoms with Crippen molar-refractivity contribution < 1.29 is 9.15 Å². The second-order valence-corrected chi connectivity index (χ2v) is 5.17. The van der Waals surface area contributed by atoms with Crippen LogP contribution in [-0.2, 0) is 0 Å². The molecule has 0 amide bonds. The van der Waals surface area contributed by atoms with E-state index in [1.165, 1.54) is 0 Å². The zero-order chi connectivity index (χ0) is 14.8. The first-order chi connectivity index (χ1) is 10.2. The summed E-state index contributed by atoms with van der Waals surface area (Å²) in [5.41, 5.74) is 1.91. The zero-order valence-corrected chi connectivity index (χ0v) is 12.4. The summed E-state index contributed by atoms with van der Waals surface area (Å²) in [4.78, 5) is 0. The molecule has 0 aliphatic carbocycles. The Kier molecular flexibility index (Phi) is 3.66. The molecule has 1 aromatic carbocycles. The lowest BCUT2D eigenvalue weighted by Crippen LogP contribution is -2.21. The van der Waals surface area contributed by atoms with E-state index in [0.717, 1.165) is 28.0 Å². The van der Waals surface area contributed by atoms with Gasteiger partial charge in [-0.15, -0.1) is 0 Å². The molecule has 0 saturated heterocycles. The van der Waals surface area contributed by atoms with Gasteiger partial charge in [0.25, 0.3) is 0 Å². The highest BCUT2D eigenvalue weighted by atomic mass is 16.5. The molecule has 0 fully saturated rings. The summed E-state index contributed by atoms with van der Waals surface area (Å²) in [7, 11) is 1.65. The number of ether oxygens (including phenoxy) is 1. The molecule has 0 radical (unpaired) electrons. The van der Waals surface area contributed by atoms with Gasteiger partial charge in [0.15, 0.2) is 11.3 Å². The van der Waals surface area contributed by atoms with Gasteiger partial charge in [0.05, 0.1) is 19.3 Å². The van der Waals surface area contributed by atoms with Crippen LogP contribution in [0, 0.1) is 0 Å². The van der Waals surface area contributed by atoms with Crippen molar-refractivity contribution >= 4 is 11.0 Å². The number of para-hydroxylation sites is 1. The Labute approximate surface area is 123 Å². The average Bonchev–Trinajstić information content (AvgIpc) is 3.15. The summed E-state index contributed by atoms with van der Waals surface area (Å²) in [6.45, 7) is 4.19. The number of furan rings is 1. The summed E-state index contributed by atoms with van der Waals surface area (Å²) in [5, 5.41) is 11.4. The fourth-order valence-electron chi connectivity index (χ4n) is 2.48. The normalized spacial score (nSPS) is 14.2. The molecule has 21 heavy (non-hydrogen) atoms. The molecule has 2 N–H and O–H groups in total. The minimum Gasteiger partial charge on any atom is -0.493 e. The standard InChI is InChI=1S/C16H19N3O2/c1-10(13-8-17-18-9-13)19-11(2)15-7-12-5-4-6-14(20-3)16(12)21-15/h4-11,19H,1-3H3,(H,17,18). The first-order valence-corrected chi connectivity index (χ1v) is 7.00. The predicted octanol–water partition coefficient (Wildman–Crippen LogP) is 3.58. The Bertz CT molecular complexity index is 718. The van der Waals surface area contributed by atoms with Crippen molar-refractivity contribution in [3.8, 4) is 5.75 Å². The quantitative estimate of drug-likeness (QED) is 0.752. The maximum Gasteiger partial charge on any atom is 0.176 e. The minimum absolute atomic E-state index is 0.0898. The smallest absolute Gasteiger partial charge is 0.176 e. The number of methoxy groups -OCH3 is 1. The van der Waals surface area contributed by atoms with Crippen LogP contribution in [0.2, 0.25) is 0 Å². The van der Waals surface area contributed by atoms with Crippen LogP contribution in [0.4, 0.5) is 0 Å². The lowest BCUT2D eigenvalue weighted by atomic mass is 10.1. The largest absolute Gasteiger partial charge is 0.493 e. The van der Waals surface area contributed by atoms with Crippen molar-refractivity contribution in [1.29, 1.82) is 0 Å². The SMILES string of the molecule is COc1cccc2cc(C(C)NC(C)c3cn[nH]c3)oc12. The highest BCUT2D eigenvalue weighted by molar-refractivity contribution is 5.83. The van der Waals surface area contributed by atoms with Crippen LogP contribution < -0.4 is 10.1 Å². The molecule has 0 aliphatic rings. The maximum absolute atomic E-state index is 5.96. The topological polar surface area (TPSA) is 63.1 Å². The van der Waals surface area contributed by atoms with Crippen molar-refractivity contribution in [3.63, 3.8) is 0 Å². The van der Waals surface area contributed by atoms with Crippen LogP contribution in [0.1, 0.15) is 37.3 Å². The second-order valence-electron chi connectivity index (χ2n) is 5.17. The monoisotopic (exact) mass is 285 g/mol. The van der Waals surface area contributed by atoms with Crippen LogP contribution in [0.15, 0.2) is 41.1 Å². The maximum atomic E-state index is 5.96. The van der Waals surface area contributed by atoms with Gasteiger partial charge in [0, 0.05) is 23.2 Å². The summed E-state index contributed by atoms with van der Waals surface area (Å²) in [6, 6.07) is 8.23. The van der Waals surface area contributed by atoms with E-state index < -0.39 is 0 Å². The van der Waals surface area contributed by atoms with E-state index in [4.69, 9.17) is 9.15 Å². The Morgan fingerprint density at radius 1 is 1.29 bits per heavy atom. The predicted molar refractivity (Wildman–Crippen MR) is 81.3 cm³/mol. The molecule has 3 aromatic rings. The lowest BCUT2D eigenvalue weighted by Gasteiger charge is -2.17. The molecule has 2 aromatic heterocycles. The van der Waals surface area contributed by atoms with E-state index in [1.54, 1.807) is 7.11 Å². The molecule has 0 aliphatic heterocycles. The molecule has 2 heterocycles. The van der Waals surface area contributed by atoms with E-state index in [0.29, 0.717) is 0 Å². The van der Waals surface area contributed by atoms with Crippen molar-refractivity contribution in [2.75, 3.05) is 7.11 Å². The van der Waals surface area contributed by atoms with Crippen LogP contribution >= 0.6 is 0 Å². The molecule has 5 heteroatoms. The molecular weight excluding hydrogens is 266 g/mol. The van der Waals surface area contributed by atoms with Crippen LogP contribution in [0.3, 0.4) is 0 Å². The molecule has 0 bridgehead atoms. The molecule has 0 spiro atoms. The molecule has 0 saturated carbocycles. The van der Waals surface area contributed by atoms with Crippen molar-refractivity contribution in [2.24, 2.45) is 0 Å². The van der Waals surface area contributed by atoms with Crippen LogP contribution in [0.5, 0.6) is 5.75 Å². The van der Waals surface area contributed by atoms with Gasteiger partial charge in [-0.25, -0.2) is 0 Å². The summed E-state index contributed by atoms with van der Waals surface area (Å²) >= 11 is 0. The van der Waals surface area contributed by atoms with Gasteiger partial charge >= 0.3 is 0 Å². The van der Waals surface area contributed by atoms with Crippen LogP contribution in [0.25, 0.3) is 11.0 Å². The molecule has 2 unspecified atom stereocenters. The first-order valence-electron chi connectivity index (χ1n) is 7.00. The third kappa shape index (κ3) is 2.64. The van der Waals surface area contributed by atoms with Crippen molar-refractivity contribution in [3.05, 3.63) is 48.0 Å². The summed E-state index contributed by atoms with van der Waals surface area (Å²) < 4.78 is 11.3. The van der Waals surface area contributed by atoms with E-state index in [-0.39, 0.29) is 12.1 Å². The molecule has 3 rings (SSSR count). The van der Waals surface area contributed by atoms with E-state index in [2.05, 4.69) is 35.4 Å². The number of nitrogens with zero attached hydrogens (tertiary/aromatic N) is 1. The number of benzene rings is 1. The summed E-state index contributed by atoms with van der Waals surface area (Å²) in [5.74, 6) is 1.65. The number of aromatic amines is 1. The van der Waals surface area contributed by atoms with Gasteiger partial charge in [-0.05, 0) is 26.0 Å². The third-order valence-corrected chi connectivity index (χ3v) is 3.69. The number of fused-ring (bicyclic) bond motifs is 1. The van der Waals surface area contributed by atoms with E-state index in [9.17, 15) is 0 Å². The Morgan fingerprint density at radius 2 is 2.14 bits per heavy atom.